The predicted octanol–water partition coefficient (Wildman–Crippen LogP) is 3.69. The molecule has 1 aromatic heterocycles. The maximum atomic E-state index is 6.01. The molecular weight excluding hydrogens is 304 g/mol. The predicted molar refractivity (Wildman–Crippen MR) is 70.9 cm³/mol. The minimum atomic E-state index is 0.661. The zero-order valence-electron chi connectivity index (χ0n) is 9.34. The van der Waals surface area contributed by atoms with E-state index in [-0.39, 0.29) is 0 Å². The Hall–Kier alpha value is -0.840. The van der Waals surface area contributed by atoms with E-state index in [1.54, 1.807) is 0 Å². The highest BCUT2D eigenvalue weighted by atomic mass is 79.9. The Morgan fingerprint density at radius 3 is 2.82 bits per heavy atom. The molecule has 2 aromatic rings. The quantitative estimate of drug-likeness (QED) is 0.935. The van der Waals surface area contributed by atoms with Gasteiger partial charge in [0, 0.05) is 17.1 Å². The van der Waals surface area contributed by atoms with Gasteiger partial charge in [0.1, 0.15) is 0 Å². The van der Waals surface area contributed by atoms with Crippen molar-refractivity contribution in [3.63, 3.8) is 0 Å². The van der Waals surface area contributed by atoms with Gasteiger partial charge in [0.15, 0.2) is 5.76 Å². The highest BCUT2D eigenvalue weighted by Gasteiger charge is 2.01. The van der Waals surface area contributed by atoms with Crippen molar-refractivity contribution >= 4 is 27.5 Å². The first-order valence-electron chi connectivity index (χ1n) is 5.22. The van der Waals surface area contributed by atoms with E-state index in [2.05, 4.69) is 26.4 Å². The molecule has 5 heteroatoms. The van der Waals surface area contributed by atoms with Gasteiger partial charge in [-0.25, -0.2) is 0 Å². The molecule has 0 aliphatic carbocycles. The maximum Gasteiger partial charge on any atom is 0.150 e. The summed E-state index contributed by atoms with van der Waals surface area (Å²) in [6, 6.07) is 7.82. The number of benzene rings is 1. The second-order valence-corrected chi connectivity index (χ2v) is 5.05. The average molecular weight is 316 g/mol. The Labute approximate surface area is 113 Å². The van der Waals surface area contributed by atoms with Gasteiger partial charge in [-0.15, -0.1) is 0 Å². The van der Waals surface area contributed by atoms with Gasteiger partial charge in [-0.05, 0) is 40.5 Å². The average Bonchev–Trinajstić information content (AvgIpc) is 2.70. The molecule has 0 radical (unpaired) electrons. The van der Waals surface area contributed by atoms with Crippen molar-refractivity contribution in [1.29, 1.82) is 0 Å². The lowest BCUT2D eigenvalue weighted by atomic mass is 10.2. The minimum Gasteiger partial charge on any atom is -0.360 e. The third kappa shape index (κ3) is 3.56. The molecule has 0 aliphatic rings. The second kappa shape index (κ2) is 5.67. The molecule has 17 heavy (non-hydrogen) atoms. The lowest BCUT2D eigenvalue weighted by Gasteiger charge is -2.04. The lowest BCUT2D eigenvalue weighted by Crippen LogP contribution is -2.12. The normalized spacial score (nSPS) is 10.8. The van der Waals surface area contributed by atoms with E-state index in [1.165, 1.54) is 0 Å². The van der Waals surface area contributed by atoms with Crippen LogP contribution in [0, 0.1) is 6.92 Å². The molecule has 0 spiro atoms. The van der Waals surface area contributed by atoms with E-state index in [1.807, 2.05) is 31.2 Å². The summed E-state index contributed by atoms with van der Waals surface area (Å²) >= 11 is 9.37. The van der Waals surface area contributed by atoms with Crippen LogP contribution in [0.25, 0.3) is 0 Å². The third-order valence-electron chi connectivity index (χ3n) is 2.29. The van der Waals surface area contributed by atoms with Crippen LogP contribution in [0.5, 0.6) is 0 Å². The third-order valence-corrected chi connectivity index (χ3v) is 3.52. The molecule has 0 bridgehead atoms. The lowest BCUT2D eigenvalue weighted by molar-refractivity contribution is 0.369. The van der Waals surface area contributed by atoms with E-state index < -0.39 is 0 Å². The largest absolute Gasteiger partial charge is 0.360 e. The first-order valence-corrected chi connectivity index (χ1v) is 6.39. The first kappa shape index (κ1) is 12.6. The molecule has 1 aromatic carbocycles. The first-order chi connectivity index (χ1) is 8.15. The van der Waals surface area contributed by atoms with Crippen LogP contribution in [0.2, 0.25) is 5.02 Å². The van der Waals surface area contributed by atoms with Crippen LogP contribution in [-0.4, -0.2) is 5.16 Å². The van der Waals surface area contributed by atoms with Crippen molar-refractivity contribution in [3.8, 4) is 0 Å². The summed E-state index contributed by atoms with van der Waals surface area (Å²) in [5.74, 6) is 0.839. The van der Waals surface area contributed by atoms with Gasteiger partial charge in [0.05, 0.1) is 17.3 Å². The number of halogens is 2. The molecule has 0 aliphatic heterocycles. The SMILES string of the molecule is Cc1cc(CNCc2ccc(Br)c(Cl)c2)on1. The zero-order valence-corrected chi connectivity index (χ0v) is 11.7. The fourth-order valence-electron chi connectivity index (χ4n) is 1.48. The molecule has 3 nitrogen and oxygen atoms in total. The van der Waals surface area contributed by atoms with Crippen molar-refractivity contribution in [2.75, 3.05) is 0 Å². The number of nitrogens with zero attached hydrogens (tertiary/aromatic N) is 1. The van der Waals surface area contributed by atoms with Crippen molar-refractivity contribution < 1.29 is 4.52 Å². The molecule has 0 fully saturated rings. The van der Waals surface area contributed by atoms with Crippen molar-refractivity contribution in [2.24, 2.45) is 0 Å². The van der Waals surface area contributed by atoms with Crippen molar-refractivity contribution in [1.82, 2.24) is 10.5 Å². The summed E-state index contributed by atoms with van der Waals surface area (Å²) in [7, 11) is 0. The summed E-state index contributed by atoms with van der Waals surface area (Å²) < 4.78 is 6.01. The van der Waals surface area contributed by atoms with Crippen LogP contribution in [0.1, 0.15) is 17.0 Å². The van der Waals surface area contributed by atoms with Crippen LogP contribution in [0.3, 0.4) is 0 Å². The summed E-state index contributed by atoms with van der Waals surface area (Å²) in [6.07, 6.45) is 0. The monoisotopic (exact) mass is 314 g/mol. The topological polar surface area (TPSA) is 38.1 Å². The highest BCUT2D eigenvalue weighted by Crippen LogP contribution is 2.23. The van der Waals surface area contributed by atoms with E-state index in [4.69, 9.17) is 16.1 Å². The van der Waals surface area contributed by atoms with Crippen molar-refractivity contribution in [2.45, 2.75) is 20.0 Å². The van der Waals surface area contributed by atoms with Crippen LogP contribution in [0.4, 0.5) is 0 Å². The van der Waals surface area contributed by atoms with Crippen molar-refractivity contribution in [3.05, 3.63) is 50.8 Å². The molecule has 2 rings (SSSR count). The van der Waals surface area contributed by atoms with E-state index >= 15 is 0 Å². The fourth-order valence-corrected chi connectivity index (χ4v) is 1.93. The number of hydrogen-bond donors (Lipinski definition) is 1. The molecular formula is C12H12BrClN2O. The number of aromatic nitrogens is 1. The minimum absolute atomic E-state index is 0.661. The number of rotatable bonds is 4. The Bertz CT molecular complexity index is 513. The van der Waals surface area contributed by atoms with E-state index in [9.17, 15) is 0 Å². The Kier molecular flexibility index (Phi) is 4.20. The summed E-state index contributed by atoms with van der Waals surface area (Å²) in [4.78, 5) is 0. The Morgan fingerprint density at radius 1 is 1.35 bits per heavy atom. The second-order valence-electron chi connectivity index (χ2n) is 3.79. The van der Waals surface area contributed by atoms with Crippen LogP contribution >= 0.6 is 27.5 Å². The molecule has 0 saturated carbocycles. The van der Waals surface area contributed by atoms with Gasteiger partial charge in [0.2, 0.25) is 0 Å². The smallest absolute Gasteiger partial charge is 0.150 e. The zero-order chi connectivity index (χ0) is 12.3. The summed E-state index contributed by atoms with van der Waals surface area (Å²) in [5, 5.41) is 7.82. The molecule has 90 valence electrons. The molecule has 1 N–H and O–H groups in total. The van der Waals surface area contributed by atoms with E-state index in [0.29, 0.717) is 6.54 Å². The Morgan fingerprint density at radius 2 is 2.18 bits per heavy atom. The van der Waals surface area contributed by atoms with Gasteiger partial charge in [-0.3, -0.25) is 0 Å². The summed E-state index contributed by atoms with van der Waals surface area (Å²) in [5.41, 5.74) is 2.03. The van der Waals surface area contributed by atoms with E-state index in [0.717, 1.165) is 33.1 Å². The van der Waals surface area contributed by atoms with Gasteiger partial charge in [-0.2, -0.15) is 0 Å². The van der Waals surface area contributed by atoms with Crippen LogP contribution in [-0.2, 0) is 13.1 Å². The number of aryl methyl sites for hydroxylation is 1. The molecule has 1 heterocycles. The maximum absolute atomic E-state index is 6.01. The molecule has 0 amide bonds. The number of hydrogen-bond acceptors (Lipinski definition) is 3. The van der Waals surface area contributed by atoms with Gasteiger partial charge < -0.3 is 9.84 Å². The number of nitrogens with one attached hydrogen (secondary N) is 1. The molecule has 0 atom stereocenters. The fraction of sp³-hybridized carbons (Fsp3) is 0.250. The molecule has 0 unspecified atom stereocenters. The Balaban J connectivity index is 1.87. The highest BCUT2D eigenvalue weighted by molar-refractivity contribution is 9.10. The van der Waals surface area contributed by atoms with Crippen LogP contribution in [0.15, 0.2) is 33.3 Å². The van der Waals surface area contributed by atoms with Crippen LogP contribution < -0.4 is 5.32 Å². The standard InChI is InChI=1S/C12H12BrClN2O/c1-8-4-10(17-16-8)7-15-6-9-2-3-11(13)12(14)5-9/h2-5,15H,6-7H2,1H3. The molecule has 0 saturated heterocycles. The summed E-state index contributed by atoms with van der Waals surface area (Å²) in [6.45, 7) is 3.31. The van der Waals surface area contributed by atoms with Gasteiger partial charge in [0.25, 0.3) is 0 Å². The van der Waals surface area contributed by atoms with Gasteiger partial charge in [-0.1, -0.05) is 22.8 Å². The van der Waals surface area contributed by atoms with Gasteiger partial charge >= 0.3 is 0 Å².